The van der Waals surface area contributed by atoms with Crippen LogP contribution in [-0.2, 0) is 0 Å². The summed E-state index contributed by atoms with van der Waals surface area (Å²) in [7, 11) is 0. The molecule has 0 unspecified atom stereocenters. The van der Waals surface area contributed by atoms with Crippen molar-refractivity contribution in [2.75, 3.05) is 0 Å². The Bertz CT molecular complexity index is 725. The zero-order valence-corrected chi connectivity index (χ0v) is 12.2. The van der Waals surface area contributed by atoms with E-state index in [0.29, 0.717) is 5.56 Å². The van der Waals surface area contributed by atoms with Gasteiger partial charge in [0.25, 0.3) is 0 Å². The second-order valence-electron chi connectivity index (χ2n) is 5.05. The summed E-state index contributed by atoms with van der Waals surface area (Å²) in [6.07, 6.45) is 0. The topological polar surface area (TPSA) is 47.6 Å². The molecule has 2 aromatic rings. The molecular weight excluding hydrogens is 244 g/mol. The quantitative estimate of drug-likeness (QED) is 0.766. The molecule has 0 atom stereocenters. The summed E-state index contributed by atoms with van der Waals surface area (Å²) in [5.74, 6) is 0. The van der Waals surface area contributed by atoms with Crippen LogP contribution in [0.15, 0.2) is 24.3 Å². The van der Waals surface area contributed by atoms with Crippen molar-refractivity contribution < 1.29 is 0 Å². The van der Waals surface area contributed by atoms with Gasteiger partial charge in [0.2, 0.25) is 0 Å². The molecule has 0 aromatic heterocycles. The lowest BCUT2D eigenvalue weighted by Gasteiger charge is -2.17. The fourth-order valence-electron chi connectivity index (χ4n) is 2.62. The maximum atomic E-state index is 9.29. The molecule has 0 aliphatic heterocycles. The first-order chi connectivity index (χ1) is 9.51. The van der Waals surface area contributed by atoms with Crippen molar-refractivity contribution in [3.63, 3.8) is 0 Å². The first-order valence-corrected chi connectivity index (χ1v) is 6.52. The van der Waals surface area contributed by atoms with E-state index in [0.717, 1.165) is 33.4 Å². The highest BCUT2D eigenvalue weighted by Gasteiger charge is 2.15. The van der Waals surface area contributed by atoms with Crippen LogP contribution in [0.25, 0.3) is 11.1 Å². The molecule has 0 saturated heterocycles. The molecule has 2 rings (SSSR count). The molecule has 98 valence electrons. The molecule has 2 aromatic carbocycles. The Balaban J connectivity index is 2.75. The van der Waals surface area contributed by atoms with Crippen molar-refractivity contribution in [3.05, 3.63) is 57.6 Å². The monoisotopic (exact) mass is 260 g/mol. The molecule has 2 nitrogen and oxygen atoms in total. The zero-order valence-electron chi connectivity index (χ0n) is 12.2. The molecule has 0 saturated carbocycles. The Hall–Kier alpha value is -2.58. The Labute approximate surface area is 119 Å². The highest BCUT2D eigenvalue weighted by molar-refractivity contribution is 5.76. The third-order valence-corrected chi connectivity index (χ3v) is 4.04. The van der Waals surface area contributed by atoms with Gasteiger partial charge in [-0.2, -0.15) is 10.5 Å². The van der Waals surface area contributed by atoms with Gasteiger partial charge in [-0.3, -0.25) is 0 Å². The molecule has 2 heteroatoms. The Kier molecular flexibility index (Phi) is 3.59. The Morgan fingerprint density at radius 3 is 1.60 bits per heavy atom. The van der Waals surface area contributed by atoms with Crippen molar-refractivity contribution in [1.82, 2.24) is 0 Å². The molecule has 0 bridgehead atoms. The molecule has 0 aliphatic rings. The van der Waals surface area contributed by atoms with E-state index in [-0.39, 0.29) is 0 Å². The van der Waals surface area contributed by atoms with Crippen LogP contribution < -0.4 is 0 Å². The van der Waals surface area contributed by atoms with Crippen LogP contribution >= 0.6 is 0 Å². The predicted molar refractivity (Wildman–Crippen MR) is 80.3 cm³/mol. The maximum Gasteiger partial charge on any atom is 0.0997 e. The van der Waals surface area contributed by atoms with Crippen molar-refractivity contribution in [2.24, 2.45) is 0 Å². The summed E-state index contributed by atoms with van der Waals surface area (Å²) >= 11 is 0. The number of nitrogens with zero attached hydrogens (tertiary/aromatic N) is 2. The van der Waals surface area contributed by atoms with Gasteiger partial charge in [-0.1, -0.05) is 12.1 Å². The standard InChI is InChI=1S/C18H16N2/c1-11-13(3)18(14(4)12(2)17(11)10-20)16-7-5-15(9-19)6-8-16/h5-8H,1-4H3. The first kappa shape index (κ1) is 13.8. The lowest BCUT2D eigenvalue weighted by Crippen LogP contribution is -2.00. The van der Waals surface area contributed by atoms with E-state index in [4.69, 9.17) is 5.26 Å². The molecule has 20 heavy (non-hydrogen) atoms. The maximum absolute atomic E-state index is 9.29. The van der Waals surface area contributed by atoms with Gasteiger partial charge in [0.05, 0.1) is 23.3 Å². The second kappa shape index (κ2) is 5.19. The van der Waals surface area contributed by atoms with Crippen molar-refractivity contribution in [2.45, 2.75) is 27.7 Å². The van der Waals surface area contributed by atoms with Crippen LogP contribution in [0.1, 0.15) is 33.4 Å². The summed E-state index contributed by atoms with van der Waals surface area (Å²) < 4.78 is 0. The Morgan fingerprint density at radius 1 is 0.700 bits per heavy atom. The minimum atomic E-state index is 0.658. The molecule has 0 N–H and O–H groups in total. The summed E-state index contributed by atoms with van der Waals surface area (Å²) in [5, 5.41) is 18.2. The number of hydrogen-bond acceptors (Lipinski definition) is 2. The van der Waals surface area contributed by atoms with E-state index in [1.165, 1.54) is 5.56 Å². The Morgan fingerprint density at radius 2 is 1.20 bits per heavy atom. The van der Waals surface area contributed by atoms with E-state index in [2.05, 4.69) is 26.0 Å². The normalized spacial score (nSPS) is 9.90. The van der Waals surface area contributed by atoms with Crippen LogP contribution in [-0.4, -0.2) is 0 Å². The van der Waals surface area contributed by atoms with Crippen LogP contribution in [0, 0.1) is 50.4 Å². The van der Waals surface area contributed by atoms with Gasteiger partial charge in [0, 0.05) is 0 Å². The SMILES string of the molecule is Cc1c(C)c(-c2ccc(C#N)cc2)c(C)c(C)c1C#N. The van der Waals surface area contributed by atoms with E-state index in [1.807, 2.05) is 38.1 Å². The smallest absolute Gasteiger partial charge is 0.0997 e. The van der Waals surface area contributed by atoms with Gasteiger partial charge in [-0.25, -0.2) is 0 Å². The van der Waals surface area contributed by atoms with E-state index < -0.39 is 0 Å². The van der Waals surface area contributed by atoms with Gasteiger partial charge in [-0.15, -0.1) is 0 Å². The molecule has 0 radical (unpaired) electrons. The lowest BCUT2D eigenvalue weighted by molar-refractivity contribution is 1.21. The van der Waals surface area contributed by atoms with E-state index in [1.54, 1.807) is 0 Å². The summed E-state index contributed by atoms with van der Waals surface area (Å²) in [5.41, 5.74) is 8.04. The third-order valence-electron chi connectivity index (χ3n) is 4.04. The van der Waals surface area contributed by atoms with Crippen molar-refractivity contribution >= 4 is 0 Å². The van der Waals surface area contributed by atoms with E-state index >= 15 is 0 Å². The van der Waals surface area contributed by atoms with Gasteiger partial charge < -0.3 is 0 Å². The molecule has 0 spiro atoms. The third kappa shape index (κ3) is 2.06. The minimum Gasteiger partial charge on any atom is -0.192 e. The number of benzene rings is 2. The van der Waals surface area contributed by atoms with Gasteiger partial charge in [0.1, 0.15) is 0 Å². The summed E-state index contributed by atoms with van der Waals surface area (Å²) in [6.45, 7) is 8.09. The van der Waals surface area contributed by atoms with Gasteiger partial charge in [-0.05, 0) is 73.2 Å². The minimum absolute atomic E-state index is 0.658. The molecular formula is C18H16N2. The van der Waals surface area contributed by atoms with Crippen molar-refractivity contribution in [1.29, 1.82) is 10.5 Å². The van der Waals surface area contributed by atoms with Crippen LogP contribution in [0.5, 0.6) is 0 Å². The van der Waals surface area contributed by atoms with Crippen LogP contribution in [0.3, 0.4) is 0 Å². The first-order valence-electron chi connectivity index (χ1n) is 6.52. The number of hydrogen-bond donors (Lipinski definition) is 0. The average Bonchev–Trinajstić information content (AvgIpc) is 2.47. The van der Waals surface area contributed by atoms with Gasteiger partial charge >= 0.3 is 0 Å². The van der Waals surface area contributed by atoms with E-state index in [9.17, 15) is 5.26 Å². The number of rotatable bonds is 1. The summed E-state index contributed by atoms with van der Waals surface area (Å²) in [6, 6.07) is 12.0. The van der Waals surface area contributed by atoms with Gasteiger partial charge in [0.15, 0.2) is 0 Å². The highest BCUT2D eigenvalue weighted by Crippen LogP contribution is 2.34. The number of nitriles is 2. The van der Waals surface area contributed by atoms with Crippen LogP contribution in [0.4, 0.5) is 0 Å². The fraction of sp³-hybridized carbons (Fsp3) is 0.222. The van der Waals surface area contributed by atoms with Crippen LogP contribution in [0.2, 0.25) is 0 Å². The average molecular weight is 260 g/mol. The predicted octanol–water partition coefficient (Wildman–Crippen LogP) is 4.33. The summed E-state index contributed by atoms with van der Waals surface area (Å²) in [4.78, 5) is 0. The zero-order chi connectivity index (χ0) is 14.9. The second-order valence-corrected chi connectivity index (χ2v) is 5.05. The molecule has 0 amide bonds. The highest BCUT2D eigenvalue weighted by atomic mass is 14.3. The largest absolute Gasteiger partial charge is 0.192 e. The molecule has 0 fully saturated rings. The van der Waals surface area contributed by atoms with Crippen molar-refractivity contribution in [3.8, 4) is 23.3 Å². The fourth-order valence-corrected chi connectivity index (χ4v) is 2.62. The molecule has 0 heterocycles. The molecule has 0 aliphatic carbocycles. The lowest BCUT2D eigenvalue weighted by atomic mass is 9.86.